The molecular formula is C11H15N5O2S2. The molecule has 1 aliphatic heterocycles. The smallest absolute Gasteiger partial charge is 0.211 e. The minimum absolute atomic E-state index is 0.214. The Morgan fingerprint density at radius 3 is 2.75 bits per heavy atom. The van der Waals surface area contributed by atoms with Gasteiger partial charge in [-0.2, -0.15) is 8.68 Å². The zero-order valence-electron chi connectivity index (χ0n) is 11.4. The van der Waals surface area contributed by atoms with Gasteiger partial charge in [-0.05, 0) is 25.4 Å². The maximum Gasteiger partial charge on any atom is 0.211 e. The van der Waals surface area contributed by atoms with Crippen LogP contribution in [0.3, 0.4) is 0 Å². The Morgan fingerprint density at radius 1 is 1.40 bits per heavy atom. The second kappa shape index (κ2) is 4.61. The highest BCUT2D eigenvalue weighted by molar-refractivity contribution is 7.88. The molecule has 1 atom stereocenters. The molecule has 3 heterocycles. The molecule has 0 spiro atoms. The molecule has 0 saturated heterocycles. The third kappa shape index (κ3) is 2.15. The van der Waals surface area contributed by atoms with Gasteiger partial charge in [0, 0.05) is 13.1 Å². The molecule has 0 aromatic carbocycles. The van der Waals surface area contributed by atoms with E-state index >= 15 is 0 Å². The highest BCUT2D eigenvalue weighted by Crippen LogP contribution is 2.31. The van der Waals surface area contributed by atoms with E-state index in [0.717, 1.165) is 22.4 Å². The first-order chi connectivity index (χ1) is 9.38. The second-order valence-electron chi connectivity index (χ2n) is 4.85. The fourth-order valence-corrected chi connectivity index (χ4v) is 4.28. The average Bonchev–Trinajstić information content (AvgIpc) is 2.94. The summed E-state index contributed by atoms with van der Waals surface area (Å²) in [4.78, 5) is 8.74. The van der Waals surface area contributed by atoms with E-state index in [2.05, 4.69) is 14.3 Å². The molecule has 2 aromatic heterocycles. The summed E-state index contributed by atoms with van der Waals surface area (Å²) in [7, 11) is -3.20. The van der Waals surface area contributed by atoms with E-state index in [1.807, 2.05) is 18.4 Å². The molecule has 7 nitrogen and oxygen atoms in total. The summed E-state index contributed by atoms with van der Waals surface area (Å²) in [6.45, 7) is 4.76. The van der Waals surface area contributed by atoms with Crippen molar-refractivity contribution >= 4 is 21.6 Å². The monoisotopic (exact) mass is 313 g/mol. The summed E-state index contributed by atoms with van der Waals surface area (Å²) < 4.78 is 31.2. The molecule has 0 amide bonds. The van der Waals surface area contributed by atoms with Crippen molar-refractivity contribution in [3.8, 4) is 10.8 Å². The van der Waals surface area contributed by atoms with Gasteiger partial charge in [-0.1, -0.05) is 0 Å². The lowest BCUT2D eigenvalue weighted by Gasteiger charge is -2.32. The first-order valence-electron chi connectivity index (χ1n) is 6.21. The van der Waals surface area contributed by atoms with E-state index in [4.69, 9.17) is 0 Å². The molecule has 0 aliphatic carbocycles. The lowest BCUT2D eigenvalue weighted by molar-refractivity contribution is 0.285. The van der Waals surface area contributed by atoms with Crippen LogP contribution in [-0.4, -0.2) is 44.4 Å². The fourth-order valence-electron chi connectivity index (χ4n) is 2.51. The number of aryl methyl sites for hydroxylation is 1. The highest BCUT2D eigenvalue weighted by Gasteiger charge is 2.32. The molecule has 0 unspecified atom stereocenters. The molecule has 108 valence electrons. The number of rotatable bonds is 2. The zero-order chi connectivity index (χ0) is 14.5. The molecule has 0 radical (unpaired) electrons. The topological polar surface area (TPSA) is 81.0 Å². The van der Waals surface area contributed by atoms with Crippen LogP contribution in [0.15, 0.2) is 6.20 Å². The van der Waals surface area contributed by atoms with Crippen molar-refractivity contribution in [2.45, 2.75) is 26.4 Å². The lowest BCUT2D eigenvalue weighted by Crippen LogP contribution is -2.40. The molecular weight excluding hydrogens is 298 g/mol. The Morgan fingerprint density at radius 2 is 2.15 bits per heavy atom. The van der Waals surface area contributed by atoms with Crippen LogP contribution in [0.1, 0.15) is 24.5 Å². The van der Waals surface area contributed by atoms with Crippen molar-refractivity contribution in [3.63, 3.8) is 0 Å². The summed E-state index contributed by atoms with van der Waals surface area (Å²) >= 11 is 1.31. The van der Waals surface area contributed by atoms with Gasteiger partial charge in [0.05, 0.1) is 24.2 Å². The Hall–Kier alpha value is -1.32. The second-order valence-corrected chi connectivity index (χ2v) is 7.54. The minimum atomic E-state index is -3.20. The van der Waals surface area contributed by atoms with E-state index in [9.17, 15) is 8.42 Å². The van der Waals surface area contributed by atoms with Gasteiger partial charge < -0.3 is 4.57 Å². The van der Waals surface area contributed by atoms with E-state index < -0.39 is 10.0 Å². The molecule has 1 aliphatic rings. The maximum absolute atomic E-state index is 11.8. The largest absolute Gasteiger partial charge is 0.323 e. The Labute approximate surface area is 121 Å². The summed E-state index contributed by atoms with van der Waals surface area (Å²) in [6.07, 6.45) is 2.97. The SMILES string of the molecule is Cc1nsc(-c2ncc3n2CCN(S(C)(=O)=O)[C@@H]3C)n1. The molecule has 0 fully saturated rings. The molecule has 0 saturated carbocycles. The van der Waals surface area contributed by atoms with Crippen LogP contribution >= 0.6 is 11.5 Å². The van der Waals surface area contributed by atoms with Crippen LogP contribution in [0.25, 0.3) is 10.8 Å². The van der Waals surface area contributed by atoms with Crippen LogP contribution in [0.4, 0.5) is 0 Å². The van der Waals surface area contributed by atoms with Crippen LogP contribution in [0, 0.1) is 6.92 Å². The van der Waals surface area contributed by atoms with Crippen molar-refractivity contribution in [2.24, 2.45) is 0 Å². The van der Waals surface area contributed by atoms with E-state index in [1.54, 1.807) is 6.20 Å². The average molecular weight is 313 g/mol. The highest BCUT2D eigenvalue weighted by atomic mass is 32.2. The molecule has 3 rings (SSSR count). The van der Waals surface area contributed by atoms with Crippen LogP contribution < -0.4 is 0 Å². The van der Waals surface area contributed by atoms with Gasteiger partial charge in [0.25, 0.3) is 0 Å². The summed E-state index contributed by atoms with van der Waals surface area (Å²) in [5, 5.41) is 0.772. The molecule has 9 heteroatoms. The van der Waals surface area contributed by atoms with Gasteiger partial charge >= 0.3 is 0 Å². The van der Waals surface area contributed by atoms with Gasteiger partial charge in [0.15, 0.2) is 10.8 Å². The number of hydrogen-bond acceptors (Lipinski definition) is 6. The van der Waals surface area contributed by atoms with Crippen molar-refractivity contribution in [2.75, 3.05) is 12.8 Å². The minimum Gasteiger partial charge on any atom is -0.323 e. The number of sulfonamides is 1. The predicted octanol–water partition coefficient (Wildman–Crippen LogP) is 1.05. The lowest BCUT2D eigenvalue weighted by atomic mass is 10.2. The van der Waals surface area contributed by atoms with Gasteiger partial charge in [0.2, 0.25) is 10.0 Å². The van der Waals surface area contributed by atoms with Gasteiger partial charge in [-0.15, -0.1) is 0 Å². The van der Waals surface area contributed by atoms with Crippen molar-refractivity contribution in [1.82, 2.24) is 23.2 Å². The molecule has 2 aromatic rings. The van der Waals surface area contributed by atoms with Crippen LogP contribution in [0.2, 0.25) is 0 Å². The molecule has 20 heavy (non-hydrogen) atoms. The summed E-state index contributed by atoms with van der Waals surface area (Å²) in [6, 6.07) is -0.214. The number of hydrogen-bond donors (Lipinski definition) is 0. The van der Waals surface area contributed by atoms with Crippen molar-refractivity contribution < 1.29 is 8.42 Å². The number of imidazole rings is 1. The quantitative estimate of drug-likeness (QED) is 0.827. The third-order valence-electron chi connectivity index (χ3n) is 3.44. The standard InChI is InChI=1S/C11H15N5O2S2/c1-7-9-6-12-10(11-13-8(2)14-19-11)15(9)4-5-16(7)20(3,17)18/h6-7H,4-5H2,1-3H3/t7-/m1/s1. The molecule has 0 N–H and O–H groups in total. The Bertz CT molecular complexity index is 749. The Kier molecular flexibility index (Phi) is 3.14. The van der Waals surface area contributed by atoms with E-state index in [0.29, 0.717) is 13.1 Å². The predicted molar refractivity (Wildman–Crippen MR) is 75.8 cm³/mol. The van der Waals surface area contributed by atoms with E-state index in [1.165, 1.54) is 22.1 Å². The van der Waals surface area contributed by atoms with Gasteiger partial charge in [-0.25, -0.2) is 18.4 Å². The summed E-state index contributed by atoms with van der Waals surface area (Å²) in [5.41, 5.74) is 0.893. The zero-order valence-corrected chi connectivity index (χ0v) is 13.1. The number of fused-ring (bicyclic) bond motifs is 1. The Balaban J connectivity index is 2.03. The van der Waals surface area contributed by atoms with Crippen molar-refractivity contribution in [3.05, 3.63) is 17.7 Å². The molecule has 0 bridgehead atoms. The third-order valence-corrected chi connectivity index (χ3v) is 5.59. The number of nitrogens with zero attached hydrogens (tertiary/aromatic N) is 5. The number of aromatic nitrogens is 4. The maximum atomic E-state index is 11.8. The van der Waals surface area contributed by atoms with Gasteiger partial charge in [-0.3, -0.25) is 0 Å². The van der Waals surface area contributed by atoms with Gasteiger partial charge in [0.1, 0.15) is 5.82 Å². The summed E-state index contributed by atoms with van der Waals surface area (Å²) in [5.74, 6) is 1.49. The fraction of sp³-hybridized carbons (Fsp3) is 0.545. The van der Waals surface area contributed by atoms with Crippen LogP contribution in [-0.2, 0) is 16.6 Å². The first kappa shape index (κ1) is 13.7. The normalized spacial score (nSPS) is 20.1. The van der Waals surface area contributed by atoms with E-state index in [-0.39, 0.29) is 6.04 Å². The first-order valence-corrected chi connectivity index (χ1v) is 8.83. The van der Waals surface area contributed by atoms with Crippen molar-refractivity contribution in [1.29, 1.82) is 0 Å². The van der Waals surface area contributed by atoms with Crippen LogP contribution in [0.5, 0.6) is 0 Å².